The van der Waals surface area contributed by atoms with Crippen molar-refractivity contribution < 1.29 is 9.13 Å². The molecule has 20 heavy (non-hydrogen) atoms. The molecule has 2 N–H and O–H groups in total. The van der Waals surface area contributed by atoms with Crippen LogP contribution >= 0.6 is 31.9 Å². The number of halogens is 3. The van der Waals surface area contributed by atoms with E-state index in [4.69, 9.17) is 10.5 Å². The second-order valence-electron chi connectivity index (χ2n) is 4.43. The number of hydrogen-bond acceptors (Lipinski definition) is 2. The van der Waals surface area contributed by atoms with Crippen LogP contribution in [0.25, 0.3) is 0 Å². The SMILES string of the molecule is COc1cc(Br)ccc1C(N)Cc1cc(F)ccc1Br. The van der Waals surface area contributed by atoms with Gasteiger partial charge in [-0.05, 0) is 42.3 Å². The van der Waals surface area contributed by atoms with E-state index in [1.54, 1.807) is 13.2 Å². The third-order valence-corrected chi connectivity index (χ3v) is 4.31. The Labute approximate surface area is 134 Å². The van der Waals surface area contributed by atoms with Crippen LogP contribution in [0.5, 0.6) is 5.75 Å². The Bertz CT molecular complexity index is 619. The van der Waals surface area contributed by atoms with Gasteiger partial charge in [-0.2, -0.15) is 0 Å². The molecule has 0 aliphatic rings. The van der Waals surface area contributed by atoms with Crippen molar-refractivity contribution in [1.29, 1.82) is 0 Å². The Balaban J connectivity index is 2.28. The van der Waals surface area contributed by atoms with Crippen LogP contribution in [0.1, 0.15) is 17.2 Å². The summed E-state index contributed by atoms with van der Waals surface area (Å²) in [4.78, 5) is 0. The summed E-state index contributed by atoms with van der Waals surface area (Å²) in [6.45, 7) is 0. The highest BCUT2D eigenvalue weighted by atomic mass is 79.9. The summed E-state index contributed by atoms with van der Waals surface area (Å²) >= 11 is 6.81. The molecular formula is C15H14Br2FNO. The predicted molar refractivity (Wildman–Crippen MR) is 85.4 cm³/mol. The molecule has 0 heterocycles. The Kier molecular flexibility index (Phi) is 5.18. The summed E-state index contributed by atoms with van der Waals surface area (Å²) in [6.07, 6.45) is 0.524. The van der Waals surface area contributed by atoms with Gasteiger partial charge in [0.2, 0.25) is 0 Å². The van der Waals surface area contributed by atoms with E-state index in [2.05, 4.69) is 31.9 Å². The van der Waals surface area contributed by atoms with Gasteiger partial charge in [-0.25, -0.2) is 4.39 Å². The summed E-state index contributed by atoms with van der Waals surface area (Å²) in [6, 6.07) is 10.0. The van der Waals surface area contributed by atoms with Crippen LogP contribution in [0.4, 0.5) is 4.39 Å². The van der Waals surface area contributed by atoms with Gasteiger partial charge in [0, 0.05) is 20.6 Å². The first-order valence-corrected chi connectivity index (χ1v) is 7.63. The van der Waals surface area contributed by atoms with Crippen LogP contribution in [0, 0.1) is 5.82 Å². The number of methoxy groups -OCH3 is 1. The molecule has 106 valence electrons. The van der Waals surface area contributed by atoms with Crippen molar-refractivity contribution in [2.45, 2.75) is 12.5 Å². The lowest BCUT2D eigenvalue weighted by atomic mass is 9.99. The Hall–Kier alpha value is -0.910. The lowest BCUT2D eigenvalue weighted by Gasteiger charge is -2.17. The van der Waals surface area contributed by atoms with Crippen molar-refractivity contribution in [2.75, 3.05) is 7.11 Å². The maximum absolute atomic E-state index is 13.3. The third kappa shape index (κ3) is 3.59. The highest BCUT2D eigenvalue weighted by Gasteiger charge is 2.14. The molecule has 0 amide bonds. The van der Waals surface area contributed by atoms with Gasteiger partial charge in [0.25, 0.3) is 0 Å². The molecule has 0 spiro atoms. The highest BCUT2D eigenvalue weighted by Crippen LogP contribution is 2.30. The standard InChI is InChI=1S/C15H14Br2FNO/c1-20-15-8-10(16)2-4-12(15)14(19)7-9-6-11(18)3-5-13(9)17/h2-6,8,14H,7,19H2,1H3. The van der Waals surface area contributed by atoms with E-state index < -0.39 is 0 Å². The average Bonchev–Trinajstić information content (AvgIpc) is 2.42. The van der Waals surface area contributed by atoms with Gasteiger partial charge in [-0.1, -0.05) is 37.9 Å². The summed E-state index contributed by atoms with van der Waals surface area (Å²) in [7, 11) is 1.61. The monoisotopic (exact) mass is 401 g/mol. The van der Waals surface area contributed by atoms with E-state index in [0.29, 0.717) is 6.42 Å². The van der Waals surface area contributed by atoms with Crippen molar-refractivity contribution in [3.8, 4) is 5.75 Å². The Morgan fingerprint density at radius 1 is 1.20 bits per heavy atom. The molecule has 2 aromatic rings. The maximum Gasteiger partial charge on any atom is 0.124 e. The number of hydrogen-bond donors (Lipinski definition) is 1. The number of ether oxygens (including phenoxy) is 1. The molecule has 0 aliphatic carbocycles. The van der Waals surface area contributed by atoms with Gasteiger partial charge >= 0.3 is 0 Å². The van der Waals surface area contributed by atoms with Crippen molar-refractivity contribution in [3.63, 3.8) is 0 Å². The van der Waals surface area contributed by atoms with Crippen LogP contribution in [0.2, 0.25) is 0 Å². The first-order valence-electron chi connectivity index (χ1n) is 6.04. The van der Waals surface area contributed by atoms with Crippen LogP contribution in [-0.2, 0) is 6.42 Å². The van der Waals surface area contributed by atoms with Gasteiger partial charge in [0.05, 0.1) is 7.11 Å². The number of rotatable bonds is 4. The van der Waals surface area contributed by atoms with Crippen molar-refractivity contribution in [1.82, 2.24) is 0 Å². The van der Waals surface area contributed by atoms with Crippen molar-refractivity contribution >= 4 is 31.9 Å². The molecule has 0 aromatic heterocycles. The first kappa shape index (κ1) is 15.5. The van der Waals surface area contributed by atoms with Gasteiger partial charge in [-0.15, -0.1) is 0 Å². The molecule has 0 aliphatic heterocycles. The lowest BCUT2D eigenvalue weighted by Crippen LogP contribution is -2.15. The van der Waals surface area contributed by atoms with Crippen LogP contribution in [0.15, 0.2) is 45.3 Å². The van der Waals surface area contributed by atoms with Gasteiger partial charge in [0.15, 0.2) is 0 Å². The summed E-state index contributed by atoms with van der Waals surface area (Å²) < 4.78 is 20.4. The van der Waals surface area contributed by atoms with E-state index in [0.717, 1.165) is 25.8 Å². The van der Waals surface area contributed by atoms with Crippen molar-refractivity contribution in [2.24, 2.45) is 5.73 Å². The predicted octanol–water partition coefficient (Wildman–Crippen LogP) is 4.60. The molecule has 2 aromatic carbocycles. The summed E-state index contributed by atoms with van der Waals surface area (Å²) in [5.41, 5.74) is 7.96. The van der Waals surface area contributed by atoms with Crippen molar-refractivity contribution in [3.05, 3.63) is 62.3 Å². The maximum atomic E-state index is 13.3. The van der Waals surface area contributed by atoms with E-state index in [-0.39, 0.29) is 11.9 Å². The van der Waals surface area contributed by atoms with E-state index in [1.165, 1.54) is 12.1 Å². The quantitative estimate of drug-likeness (QED) is 0.810. The fourth-order valence-electron chi connectivity index (χ4n) is 2.04. The highest BCUT2D eigenvalue weighted by molar-refractivity contribution is 9.10. The molecule has 0 saturated carbocycles. The normalized spacial score (nSPS) is 12.2. The second-order valence-corrected chi connectivity index (χ2v) is 6.20. The smallest absolute Gasteiger partial charge is 0.124 e. The molecule has 5 heteroatoms. The Morgan fingerprint density at radius 3 is 2.65 bits per heavy atom. The first-order chi connectivity index (χ1) is 9.51. The zero-order chi connectivity index (χ0) is 14.7. The number of nitrogens with two attached hydrogens (primary N) is 1. The second kappa shape index (κ2) is 6.70. The average molecular weight is 403 g/mol. The summed E-state index contributed by atoms with van der Waals surface area (Å²) in [5.74, 6) is 0.456. The molecule has 0 radical (unpaired) electrons. The van der Waals surface area contributed by atoms with Gasteiger partial charge < -0.3 is 10.5 Å². The van der Waals surface area contributed by atoms with Crippen LogP contribution in [-0.4, -0.2) is 7.11 Å². The van der Waals surface area contributed by atoms with Gasteiger partial charge in [-0.3, -0.25) is 0 Å². The number of benzene rings is 2. The van der Waals surface area contributed by atoms with Crippen LogP contribution < -0.4 is 10.5 Å². The largest absolute Gasteiger partial charge is 0.496 e. The zero-order valence-corrected chi connectivity index (χ0v) is 14.0. The molecule has 0 fully saturated rings. The minimum atomic E-state index is -0.267. The topological polar surface area (TPSA) is 35.2 Å². The molecule has 2 nitrogen and oxygen atoms in total. The third-order valence-electron chi connectivity index (χ3n) is 3.04. The minimum absolute atomic E-state index is 0.266. The molecule has 1 atom stereocenters. The molecule has 2 rings (SSSR count). The van der Waals surface area contributed by atoms with Gasteiger partial charge in [0.1, 0.15) is 11.6 Å². The molecular weight excluding hydrogens is 389 g/mol. The van der Waals surface area contributed by atoms with E-state index in [1.807, 2.05) is 18.2 Å². The zero-order valence-electron chi connectivity index (χ0n) is 10.9. The Morgan fingerprint density at radius 2 is 1.95 bits per heavy atom. The summed E-state index contributed by atoms with van der Waals surface area (Å²) in [5, 5.41) is 0. The lowest BCUT2D eigenvalue weighted by molar-refractivity contribution is 0.405. The molecule has 0 bridgehead atoms. The van der Waals surface area contributed by atoms with E-state index >= 15 is 0 Å². The molecule has 0 saturated heterocycles. The van der Waals surface area contributed by atoms with E-state index in [9.17, 15) is 4.39 Å². The fraction of sp³-hybridized carbons (Fsp3) is 0.200. The fourth-order valence-corrected chi connectivity index (χ4v) is 2.79. The minimum Gasteiger partial charge on any atom is -0.496 e. The van der Waals surface area contributed by atoms with Crippen LogP contribution in [0.3, 0.4) is 0 Å². The molecule has 1 unspecified atom stereocenters.